The number of methoxy groups -OCH3 is 2. The molecule has 1 N–H and O–H groups in total. The van der Waals surface area contributed by atoms with Crippen LogP contribution in [0.25, 0.3) is 22.9 Å². The fourth-order valence-corrected chi connectivity index (χ4v) is 10.2. The zero-order valence-electron chi connectivity index (χ0n) is 45.1. The second-order valence-corrected chi connectivity index (χ2v) is 20.5. The van der Waals surface area contributed by atoms with Crippen LogP contribution in [0.1, 0.15) is 59.6 Å². The minimum Gasteiger partial charge on any atom is -0.497 e. The number of aromatic nitrogens is 2. The summed E-state index contributed by atoms with van der Waals surface area (Å²) in [6.45, 7) is 12.0. The molecule has 5 heterocycles. The number of aryl methyl sites for hydroxylation is 2. The van der Waals surface area contributed by atoms with Crippen molar-refractivity contribution in [2.24, 2.45) is 29.6 Å². The number of fused-ring (bicyclic) bond motifs is 1. The molecule has 78 heavy (non-hydrogen) atoms. The predicted octanol–water partition coefficient (Wildman–Crippen LogP) is 10.9. The molecule has 16 nitrogen and oxygen atoms in total. The number of cyclic esters (lactones) is 1. The van der Waals surface area contributed by atoms with Crippen molar-refractivity contribution in [3.63, 3.8) is 0 Å². The van der Waals surface area contributed by atoms with Crippen molar-refractivity contribution in [3.05, 3.63) is 167 Å². The van der Waals surface area contributed by atoms with Crippen LogP contribution in [0, 0.1) is 43.4 Å². The summed E-state index contributed by atoms with van der Waals surface area (Å²) in [5.41, 5.74) is 6.78. The summed E-state index contributed by atoms with van der Waals surface area (Å²) in [6, 6.07) is 41.2. The third kappa shape index (κ3) is 13.7. The highest BCUT2D eigenvalue weighted by Crippen LogP contribution is 2.44. The van der Waals surface area contributed by atoms with Crippen molar-refractivity contribution in [1.29, 1.82) is 0 Å². The average Bonchev–Trinajstić information content (AvgIpc) is 4.30. The van der Waals surface area contributed by atoms with Crippen LogP contribution >= 0.6 is 0 Å². The first kappa shape index (κ1) is 54.7. The Morgan fingerprint density at radius 3 is 1.73 bits per heavy atom. The molecular weight excluding hydrogens is 993 g/mol. The molecular formula is C62H68N4O12. The molecule has 7 aromatic rings. The topological polar surface area (TPSA) is 185 Å². The van der Waals surface area contributed by atoms with E-state index in [1.165, 1.54) is 10.5 Å². The SMILES string of the molecule is COc1ccc(-c2nc(CCOc3ccc(C[C@@H]4CN(C(=O)OCC(C)C)C[C@@H]4C(=O)O)cc3)c(C)o2)cc1.COc1ccc(-c2nc(CCOc3ccc([C@H]4OC(=O)[C@@H]5CN(Cc6ccccc6)C[C@H]45)cc3)c(C)o2)cc1. The Hall–Kier alpha value is -8.11. The van der Waals surface area contributed by atoms with Crippen molar-refractivity contribution in [3.8, 4) is 45.9 Å². The minimum absolute atomic E-state index is 0.0665. The molecule has 0 radical (unpaired) electrons. The highest BCUT2D eigenvalue weighted by Gasteiger charge is 2.50. The normalized spacial score (nSPS) is 18.7. The van der Waals surface area contributed by atoms with Gasteiger partial charge >= 0.3 is 18.0 Å². The number of amides is 1. The molecule has 408 valence electrons. The molecule has 16 heteroatoms. The lowest BCUT2D eigenvalue weighted by atomic mass is 9.90. The number of ether oxygens (including phenoxy) is 6. The molecule has 10 rings (SSSR count). The molecule has 1 amide bonds. The summed E-state index contributed by atoms with van der Waals surface area (Å²) in [5, 5.41) is 9.71. The molecule has 3 saturated heterocycles. The van der Waals surface area contributed by atoms with Gasteiger partial charge in [-0.3, -0.25) is 14.5 Å². The van der Waals surface area contributed by atoms with E-state index in [0.717, 1.165) is 87.8 Å². The van der Waals surface area contributed by atoms with Gasteiger partial charge in [0.25, 0.3) is 0 Å². The number of nitrogens with zero attached hydrogens (tertiary/aromatic N) is 4. The molecule has 5 aromatic carbocycles. The number of carboxylic acids is 1. The summed E-state index contributed by atoms with van der Waals surface area (Å²) < 4.78 is 45.2. The molecule has 3 aliphatic rings. The van der Waals surface area contributed by atoms with Crippen LogP contribution in [0.5, 0.6) is 23.0 Å². The van der Waals surface area contributed by atoms with E-state index in [0.29, 0.717) is 57.4 Å². The van der Waals surface area contributed by atoms with Gasteiger partial charge in [0.1, 0.15) is 40.6 Å². The van der Waals surface area contributed by atoms with Crippen molar-refractivity contribution in [1.82, 2.24) is 19.8 Å². The number of carbonyl (C=O) groups excluding carboxylic acids is 2. The molecule has 0 aliphatic carbocycles. The van der Waals surface area contributed by atoms with E-state index < -0.39 is 18.0 Å². The van der Waals surface area contributed by atoms with Crippen molar-refractivity contribution in [2.75, 3.05) is 60.2 Å². The quantitative estimate of drug-likeness (QED) is 0.0710. The van der Waals surface area contributed by atoms with Gasteiger partial charge in [0.15, 0.2) is 0 Å². The summed E-state index contributed by atoms with van der Waals surface area (Å²) in [7, 11) is 3.27. The van der Waals surface area contributed by atoms with Gasteiger partial charge in [-0.25, -0.2) is 14.8 Å². The third-order valence-corrected chi connectivity index (χ3v) is 14.5. The van der Waals surface area contributed by atoms with Crippen LogP contribution in [0.2, 0.25) is 0 Å². The Bertz CT molecular complexity index is 3080. The lowest BCUT2D eigenvalue weighted by Gasteiger charge is -2.20. The number of benzene rings is 5. The van der Waals surface area contributed by atoms with Gasteiger partial charge in [-0.1, -0.05) is 68.4 Å². The Morgan fingerprint density at radius 1 is 0.667 bits per heavy atom. The fourth-order valence-electron chi connectivity index (χ4n) is 10.2. The Balaban J connectivity index is 0.000000190. The van der Waals surface area contributed by atoms with E-state index in [4.69, 9.17) is 37.3 Å². The zero-order chi connectivity index (χ0) is 54.7. The number of aliphatic carboxylic acids is 1. The minimum atomic E-state index is -0.891. The standard InChI is InChI=1S/C32H32N2O5.C30H36N2O7/c1-21-29(33-31(38-21)24-10-12-25(36-2)13-11-24)16-17-37-26-14-8-23(9-15-26)30-27-19-34(20-28(27)32(35)39-30)18-22-6-4-3-5-7-22;1-19(2)18-38-30(35)32-16-23(26(17-32)29(33)34)15-21-5-9-25(10-6-21)37-14-13-27-20(3)39-28(31-27)22-7-11-24(36-4)12-8-22/h3-15,27-28,30H,16-20H2,1-2H3;5-12,19,23,26H,13-18H2,1-4H3,(H,33,34)/t27-,28+,30+;23-,26+/m01/s1. The van der Waals surface area contributed by atoms with E-state index in [1.807, 2.05) is 131 Å². The number of likely N-dealkylation sites (tertiary alicyclic amines) is 2. The molecule has 0 saturated carbocycles. The second-order valence-electron chi connectivity index (χ2n) is 20.5. The molecule has 0 bridgehead atoms. The van der Waals surface area contributed by atoms with Gasteiger partial charge in [-0.2, -0.15) is 0 Å². The van der Waals surface area contributed by atoms with Crippen LogP contribution in [0.3, 0.4) is 0 Å². The summed E-state index contributed by atoms with van der Waals surface area (Å²) >= 11 is 0. The van der Waals surface area contributed by atoms with E-state index in [9.17, 15) is 19.5 Å². The van der Waals surface area contributed by atoms with E-state index in [2.05, 4.69) is 39.1 Å². The maximum atomic E-state index is 12.6. The van der Waals surface area contributed by atoms with Crippen molar-refractivity contribution >= 4 is 18.0 Å². The summed E-state index contributed by atoms with van der Waals surface area (Å²) in [5.74, 6) is 4.29. The predicted molar refractivity (Wildman–Crippen MR) is 291 cm³/mol. The first-order valence-electron chi connectivity index (χ1n) is 26.6. The number of rotatable bonds is 20. The summed E-state index contributed by atoms with van der Waals surface area (Å²) in [6.07, 6.45) is 1.12. The Labute approximate surface area is 455 Å². The maximum Gasteiger partial charge on any atom is 0.409 e. The maximum absolute atomic E-state index is 12.6. The molecule has 0 spiro atoms. The first-order chi connectivity index (χ1) is 37.8. The molecule has 3 fully saturated rings. The number of carbonyl (C=O) groups is 3. The van der Waals surface area contributed by atoms with Gasteiger partial charge in [0, 0.05) is 62.6 Å². The van der Waals surface area contributed by atoms with Crippen LogP contribution < -0.4 is 18.9 Å². The largest absolute Gasteiger partial charge is 0.497 e. The smallest absolute Gasteiger partial charge is 0.409 e. The lowest BCUT2D eigenvalue weighted by molar-refractivity contribution is -0.145. The third-order valence-electron chi connectivity index (χ3n) is 14.5. The van der Waals surface area contributed by atoms with E-state index >= 15 is 0 Å². The average molecular weight is 1060 g/mol. The highest BCUT2D eigenvalue weighted by atomic mass is 16.6. The van der Waals surface area contributed by atoms with Crippen LogP contribution in [0.4, 0.5) is 4.79 Å². The van der Waals surface area contributed by atoms with Gasteiger partial charge in [0.2, 0.25) is 11.8 Å². The second kappa shape index (κ2) is 25.4. The van der Waals surface area contributed by atoms with E-state index in [-0.39, 0.29) is 42.3 Å². The van der Waals surface area contributed by atoms with Gasteiger partial charge < -0.3 is 47.3 Å². The Kier molecular flexibility index (Phi) is 17.8. The molecule has 3 aliphatic heterocycles. The number of hydrogen-bond donors (Lipinski definition) is 1. The van der Waals surface area contributed by atoms with Gasteiger partial charge in [-0.05, 0) is 122 Å². The number of oxazole rings is 2. The monoisotopic (exact) mass is 1060 g/mol. The van der Waals surface area contributed by atoms with Gasteiger partial charge in [-0.15, -0.1) is 0 Å². The fraction of sp³-hybridized carbons (Fsp3) is 0.371. The van der Waals surface area contributed by atoms with Crippen LogP contribution in [-0.2, 0) is 44.9 Å². The van der Waals surface area contributed by atoms with Crippen LogP contribution in [0.15, 0.2) is 136 Å². The number of carboxylic acid groups (broad SMARTS) is 1. The van der Waals surface area contributed by atoms with Crippen LogP contribution in [-0.4, -0.2) is 103 Å². The molecule has 0 unspecified atom stereocenters. The Morgan fingerprint density at radius 2 is 1.21 bits per heavy atom. The molecule has 2 aromatic heterocycles. The zero-order valence-corrected chi connectivity index (χ0v) is 45.1. The number of hydrogen-bond acceptors (Lipinski definition) is 14. The van der Waals surface area contributed by atoms with Gasteiger partial charge in [0.05, 0.1) is 57.3 Å². The summed E-state index contributed by atoms with van der Waals surface area (Å²) in [4.78, 5) is 50.0. The van der Waals surface area contributed by atoms with Crippen molar-refractivity contribution in [2.45, 2.75) is 59.6 Å². The van der Waals surface area contributed by atoms with E-state index in [1.54, 1.807) is 14.2 Å². The lowest BCUT2D eigenvalue weighted by Crippen LogP contribution is -2.31. The highest BCUT2D eigenvalue weighted by molar-refractivity contribution is 5.76. The number of esters is 1. The first-order valence-corrected chi connectivity index (χ1v) is 26.6. The molecule has 5 atom stereocenters. The van der Waals surface area contributed by atoms with Crippen molar-refractivity contribution < 1.29 is 56.7 Å².